The Balaban J connectivity index is 1.91. The largest absolute Gasteiger partial charge is 0.364 e. The lowest BCUT2D eigenvalue weighted by atomic mass is 9.91. The van der Waals surface area contributed by atoms with Gasteiger partial charge in [0.15, 0.2) is 5.82 Å². The molecule has 1 aromatic carbocycles. The predicted molar refractivity (Wildman–Crippen MR) is 107 cm³/mol. The van der Waals surface area contributed by atoms with Crippen molar-refractivity contribution in [2.45, 2.75) is 46.4 Å². The lowest BCUT2D eigenvalue weighted by Gasteiger charge is -2.38. The van der Waals surface area contributed by atoms with Gasteiger partial charge in [0.05, 0.1) is 11.6 Å². The molecule has 0 amide bonds. The number of aromatic nitrogens is 2. The number of anilines is 1. The number of ether oxygens (including phenoxy) is 1. The first kappa shape index (κ1) is 17.1. The maximum absolute atomic E-state index is 5.50. The van der Waals surface area contributed by atoms with E-state index in [-0.39, 0.29) is 0 Å². The van der Waals surface area contributed by atoms with Gasteiger partial charge in [-0.05, 0) is 49.4 Å². The van der Waals surface area contributed by atoms with Crippen LogP contribution in [0.25, 0.3) is 10.9 Å². The fourth-order valence-electron chi connectivity index (χ4n) is 4.42. The van der Waals surface area contributed by atoms with Gasteiger partial charge in [-0.25, -0.2) is 4.98 Å². The van der Waals surface area contributed by atoms with Crippen LogP contribution in [-0.4, -0.2) is 23.2 Å². The number of nitrogens with zero attached hydrogens (tertiary/aromatic N) is 3. The van der Waals surface area contributed by atoms with Gasteiger partial charge in [0.1, 0.15) is 6.73 Å². The number of methoxy groups -OCH3 is 1. The molecule has 1 aliphatic heterocycles. The molecule has 136 valence electrons. The van der Waals surface area contributed by atoms with E-state index < -0.39 is 0 Å². The van der Waals surface area contributed by atoms with Crippen molar-refractivity contribution < 1.29 is 4.74 Å². The summed E-state index contributed by atoms with van der Waals surface area (Å²) >= 11 is 0. The topological polar surface area (TPSA) is 30.3 Å². The summed E-state index contributed by atoms with van der Waals surface area (Å²) in [4.78, 5) is 7.34. The summed E-state index contributed by atoms with van der Waals surface area (Å²) in [5.74, 6) is 1.08. The molecular weight excluding hydrogens is 322 g/mol. The van der Waals surface area contributed by atoms with Gasteiger partial charge in [-0.15, -0.1) is 0 Å². The van der Waals surface area contributed by atoms with Gasteiger partial charge in [0, 0.05) is 30.9 Å². The van der Waals surface area contributed by atoms with Crippen LogP contribution in [0.1, 0.15) is 41.8 Å². The van der Waals surface area contributed by atoms with Crippen molar-refractivity contribution in [2.75, 3.05) is 18.6 Å². The van der Waals surface area contributed by atoms with Crippen molar-refractivity contribution in [1.82, 2.24) is 9.55 Å². The molecule has 26 heavy (non-hydrogen) atoms. The molecule has 0 aliphatic carbocycles. The Morgan fingerprint density at radius 3 is 2.77 bits per heavy atom. The number of aryl methyl sites for hydroxylation is 1. The normalized spacial score (nSPS) is 16.9. The first-order valence-electron chi connectivity index (χ1n) is 9.45. The van der Waals surface area contributed by atoms with Crippen LogP contribution in [0.2, 0.25) is 0 Å². The third kappa shape index (κ3) is 2.52. The summed E-state index contributed by atoms with van der Waals surface area (Å²) in [5, 5.41) is 1.28. The average Bonchev–Trinajstić information content (AvgIpc) is 2.92. The second-order valence-electron chi connectivity index (χ2n) is 7.15. The Morgan fingerprint density at radius 2 is 2.00 bits per heavy atom. The van der Waals surface area contributed by atoms with Gasteiger partial charge in [0.25, 0.3) is 0 Å². The van der Waals surface area contributed by atoms with E-state index in [1.165, 1.54) is 33.3 Å². The number of benzene rings is 1. The quantitative estimate of drug-likeness (QED) is 0.679. The van der Waals surface area contributed by atoms with Crippen molar-refractivity contribution in [3.63, 3.8) is 0 Å². The molecular formula is C22H27N3O. The van der Waals surface area contributed by atoms with Gasteiger partial charge in [-0.2, -0.15) is 0 Å². The maximum atomic E-state index is 5.50. The minimum Gasteiger partial charge on any atom is -0.364 e. The number of hydrogen-bond donors (Lipinski definition) is 0. The summed E-state index contributed by atoms with van der Waals surface area (Å²) in [6, 6.07) is 11.3. The van der Waals surface area contributed by atoms with Gasteiger partial charge in [-0.1, -0.05) is 31.2 Å². The van der Waals surface area contributed by atoms with Crippen LogP contribution < -0.4 is 4.90 Å². The Morgan fingerprint density at radius 1 is 1.19 bits per heavy atom. The number of rotatable bonds is 4. The van der Waals surface area contributed by atoms with Crippen molar-refractivity contribution in [2.24, 2.45) is 0 Å². The van der Waals surface area contributed by atoms with Crippen LogP contribution in [0, 0.1) is 13.8 Å². The van der Waals surface area contributed by atoms with Gasteiger partial charge in [-0.3, -0.25) is 0 Å². The molecule has 0 saturated carbocycles. The van der Waals surface area contributed by atoms with Crippen LogP contribution in [0.5, 0.6) is 0 Å². The zero-order valence-corrected chi connectivity index (χ0v) is 16.1. The Labute approximate surface area is 155 Å². The summed E-state index contributed by atoms with van der Waals surface area (Å²) in [6.45, 7) is 8.18. The van der Waals surface area contributed by atoms with E-state index in [9.17, 15) is 0 Å². The second-order valence-corrected chi connectivity index (χ2v) is 7.15. The molecule has 3 heterocycles. The molecule has 2 aromatic heterocycles. The number of hydrogen-bond acceptors (Lipinski definition) is 3. The molecule has 0 fully saturated rings. The number of fused-ring (bicyclic) bond motifs is 2. The Hall–Kier alpha value is -2.33. The Kier molecular flexibility index (Phi) is 4.45. The molecule has 4 heteroatoms. The molecule has 4 nitrogen and oxygen atoms in total. The SMILES string of the molecule is CCC1c2ccccc2CCN1c1nccc2c(C)c(C)n(COC)c12. The van der Waals surface area contributed by atoms with Crippen LogP contribution in [0.15, 0.2) is 36.5 Å². The van der Waals surface area contributed by atoms with E-state index >= 15 is 0 Å². The lowest BCUT2D eigenvalue weighted by molar-refractivity contribution is 0.133. The maximum Gasteiger partial charge on any atom is 0.153 e. The smallest absolute Gasteiger partial charge is 0.153 e. The molecule has 0 radical (unpaired) electrons. The fourth-order valence-corrected chi connectivity index (χ4v) is 4.42. The first-order valence-corrected chi connectivity index (χ1v) is 9.45. The fraction of sp³-hybridized carbons (Fsp3) is 0.409. The van der Waals surface area contributed by atoms with Crippen LogP contribution in [0.4, 0.5) is 5.82 Å². The summed E-state index contributed by atoms with van der Waals surface area (Å²) < 4.78 is 7.76. The van der Waals surface area contributed by atoms with E-state index in [1.807, 2.05) is 6.20 Å². The summed E-state index contributed by atoms with van der Waals surface area (Å²) in [7, 11) is 1.75. The van der Waals surface area contributed by atoms with Gasteiger partial charge >= 0.3 is 0 Å². The van der Waals surface area contributed by atoms with Gasteiger partial charge in [0.2, 0.25) is 0 Å². The second kappa shape index (κ2) is 6.76. The molecule has 0 saturated heterocycles. The van der Waals surface area contributed by atoms with E-state index in [2.05, 4.69) is 60.6 Å². The predicted octanol–water partition coefficient (Wildman–Crippen LogP) is 4.77. The molecule has 4 rings (SSSR count). The third-order valence-electron chi connectivity index (χ3n) is 5.86. The van der Waals surface area contributed by atoms with E-state index in [0.717, 1.165) is 25.2 Å². The minimum atomic E-state index is 0.365. The van der Waals surface area contributed by atoms with Crippen molar-refractivity contribution in [1.29, 1.82) is 0 Å². The first-order chi connectivity index (χ1) is 12.7. The summed E-state index contributed by atoms with van der Waals surface area (Å²) in [5.41, 5.74) is 6.68. The standard InChI is InChI=1S/C22H27N3O/c1-5-20-19-9-7-6-8-17(19)11-13-24(20)22-21-18(10-12-23-22)15(2)16(3)25(21)14-26-4/h6-10,12,20H,5,11,13-14H2,1-4H3. The highest BCUT2D eigenvalue weighted by atomic mass is 16.5. The summed E-state index contributed by atoms with van der Waals surface area (Å²) in [6.07, 6.45) is 4.08. The van der Waals surface area contributed by atoms with Crippen LogP contribution in [0.3, 0.4) is 0 Å². The highest BCUT2D eigenvalue weighted by Gasteiger charge is 2.29. The average molecular weight is 349 g/mol. The number of pyridine rings is 1. The minimum absolute atomic E-state index is 0.365. The molecule has 0 bridgehead atoms. The van der Waals surface area contributed by atoms with E-state index in [4.69, 9.17) is 9.72 Å². The monoisotopic (exact) mass is 349 g/mol. The van der Waals surface area contributed by atoms with Crippen LogP contribution >= 0.6 is 0 Å². The molecule has 0 N–H and O–H groups in total. The molecule has 1 unspecified atom stereocenters. The highest BCUT2D eigenvalue weighted by molar-refractivity contribution is 5.93. The van der Waals surface area contributed by atoms with Gasteiger partial charge < -0.3 is 14.2 Å². The van der Waals surface area contributed by atoms with Crippen molar-refractivity contribution in [3.05, 3.63) is 58.9 Å². The van der Waals surface area contributed by atoms with E-state index in [1.54, 1.807) is 7.11 Å². The lowest BCUT2D eigenvalue weighted by Crippen LogP contribution is -2.36. The molecule has 1 aliphatic rings. The Bertz CT molecular complexity index is 944. The zero-order valence-electron chi connectivity index (χ0n) is 16.1. The van der Waals surface area contributed by atoms with Crippen molar-refractivity contribution >= 4 is 16.7 Å². The molecule has 1 atom stereocenters. The molecule has 3 aromatic rings. The zero-order chi connectivity index (χ0) is 18.3. The third-order valence-corrected chi connectivity index (χ3v) is 5.86. The van der Waals surface area contributed by atoms with E-state index in [0.29, 0.717) is 12.8 Å². The molecule has 0 spiro atoms. The highest BCUT2D eigenvalue weighted by Crippen LogP contribution is 2.39. The van der Waals surface area contributed by atoms with Crippen LogP contribution in [-0.2, 0) is 17.9 Å². The van der Waals surface area contributed by atoms with Crippen molar-refractivity contribution in [3.8, 4) is 0 Å².